The molecule has 0 fully saturated rings. The molecule has 1 N–H and O–H groups in total. The summed E-state index contributed by atoms with van der Waals surface area (Å²) >= 11 is 13.9. The molecule has 0 radical (unpaired) electrons. The molecule has 1 aromatic heterocycles. The van der Waals surface area contributed by atoms with Gasteiger partial charge in [-0.1, -0.05) is 35.3 Å². The number of anilines is 1. The van der Waals surface area contributed by atoms with Gasteiger partial charge in [-0.3, -0.25) is 4.79 Å². The first kappa shape index (κ1) is 20.3. The minimum atomic E-state index is -0.350. The van der Waals surface area contributed by atoms with Crippen LogP contribution >= 0.6 is 35.0 Å². The molecule has 0 spiro atoms. The quantitative estimate of drug-likeness (QED) is 0.522. The van der Waals surface area contributed by atoms with Crippen molar-refractivity contribution in [2.24, 2.45) is 0 Å². The van der Waals surface area contributed by atoms with Gasteiger partial charge in [0.2, 0.25) is 0 Å². The van der Waals surface area contributed by atoms with Crippen LogP contribution in [0.15, 0.2) is 47.4 Å². The fraction of sp³-hybridized carbons (Fsp3) is 0.150. The zero-order chi connectivity index (χ0) is 20.1. The Morgan fingerprint density at radius 3 is 2.82 bits per heavy atom. The number of nitrogens with zero attached hydrogens (tertiary/aromatic N) is 2. The predicted molar refractivity (Wildman–Crippen MR) is 113 cm³/mol. The molecule has 0 aliphatic carbocycles. The summed E-state index contributed by atoms with van der Waals surface area (Å²) in [6, 6.07) is 14.6. The first-order valence-electron chi connectivity index (χ1n) is 8.26. The minimum Gasteiger partial charge on any atom is -0.480 e. The molecular formula is C20H15Cl2N3O2S. The summed E-state index contributed by atoms with van der Waals surface area (Å²) in [5, 5.41) is 13.0. The van der Waals surface area contributed by atoms with Crippen LogP contribution in [0.2, 0.25) is 10.0 Å². The van der Waals surface area contributed by atoms with Gasteiger partial charge in [-0.05, 0) is 37.3 Å². The number of aryl methyl sites for hydroxylation is 1. The molecule has 142 valence electrons. The van der Waals surface area contributed by atoms with Crippen LogP contribution in [0.5, 0.6) is 5.75 Å². The van der Waals surface area contributed by atoms with Crippen LogP contribution in [-0.4, -0.2) is 23.3 Å². The number of para-hydroxylation sites is 1. The summed E-state index contributed by atoms with van der Waals surface area (Å²) in [6.07, 6.45) is 0. The number of carbonyl (C=O) groups is 1. The van der Waals surface area contributed by atoms with E-state index in [1.165, 1.54) is 11.8 Å². The van der Waals surface area contributed by atoms with E-state index in [9.17, 15) is 4.79 Å². The number of thioether (sulfide) groups is 1. The van der Waals surface area contributed by atoms with Crippen LogP contribution in [0.4, 0.5) is 5.69 Å². The van der Waals surface area contributed by atoms with Gasteiger partial charge in [0.1, 0.15) is 5.52 Å². The molecule has 0 bridgehead atoms. The number of halogens is 2. The molecule has 1 heterocycles. The number of amides is 1. The molecule has 1 amide bonds. The van der Waals surface area contributed by atoms with Crippen molar-refractivity contribution in [3.8, 4) is 11.8 Å². The van der Waals surface area contributed by atoms with E-state index in [0.717, 1.165) is 10.6 Å². The molecular weight excluding hydrogens is 417 g/mol. The number of pyridine rings is 1. The molecule has 28 heavy (non-hydrogen) atoms. The van der Waals surface area contributed by atoms with Gasteiger partial charge in [0.25, 0.3) is 5.91 Å². The second-order valence-corrected chi connectivity index (χ2v) is 7.63. The Balaban J connectivity index is 1.77. The zero-order valence-corrected chi connectivity index (χ0v) is 17.2. The summed E-state index contributed by atoms with van der Waals surface area (Å²) in [6.45, 7) is 1.60. The van der Waals surface area contributed by atoms with Crippen molar-refractivity contribution in [2.45, 2.75) is 11.8 Å². The lowest BCUT2D eigenvalue weighted by Gasteiger charge is -2.13. The number of carbonyl (C=O) groups excluding carboxylic acids is 1. The van der Waals surface area contributed by atoms with Gasteiger partial charge in [0.15, 0.2) is 12.4 Å². The number of hydrogen-bond acceptors (Lipinski definition) is 5. The summed E-state index contributed by atoms with van der Waals surface area (Å²) < 4.78 is 5.69. The number of aromatic nitrogens is 1. The highest BCUT2D eigenvalue weighted by atomic mass is 35.5. The van der Waals surface area contributed by atoms with Crippen molar-refractivity contribution >= 4 is 57.5 Å². The number of fused-ring (bicyclic) bond motifs is 1. The summed E-state index contributed by atoms with van der Waals surface area (Å²) in [4.78, 5) is 17.7. The average Bonchev–Trinajstić information content (AvgIpc) is 2.67. The van der Waals surface area contributed by atoms with Gasteiger partial charge < -0.3 is 10.1 Å². The van der Waals surface area contributed by atoms with Crippen LogP contribution in [0, 0.1) is 18.3 Å². The lowest BCUT2D eigenvalue weighted by Crippen LogP contribution is -2.20. The van der Waals surface area contributed by atoms with E-state index >= 15 is 0 Å². The zero-order valence-electron chi connectivity index (χ0n) is 14.8. The Bertz CT molecular complexity index is 1080. The number of benzene rings is 2. The largest absolute Gasteiger partial charge is 0.480 e. The Morgan fingerprint density at radius 1 is 1.25 bits per heavy atom. The Labute approximate surface area is 176 Å². The molecule has 3 rings (SSSR count). The Morgan fingerprint density at radius 2 is 2.04 bits per heavy atom. The van der Waals surface area contributed by atoms with Crippen molar-refractivity contribution in [3.63, 3.8) is 0 Å². The molecule has 2 aromatic carbocycles. The Kier molecular flexibility index (Phi) is 6.63. The molecule has 0 saturated carbocycles. The lowest BCUT2D eigenvalue weighted by atomic mass is 10.2. The Hall–Kier alpha value is -2.46. The number of nitrogens with one attached hydrogen (secondary N) is 1. The van der Waals surface area contributed by atoms with E-state index in [-0.39, 0.29) is 17.5 Å². The van der Waals surface area contributed by atoms with Gasteiger partial charge in [-0.15, -0.1) is 11.8 Å². The van der Waals surface area contributed by atoms with E-state index in [1.54, 1.807) is 12.1 Å². The van der Waals surface area contributed by atoms with Gasteiger partial charge in [-0.2, -0.15) is 5.26 Å². The van der Waals surface area contributed by atoms with Crippen molar-refractivity contribution in [1.29, 1.82) is 5.26 Å². The normalized spacial score (nSPS) is 10.5. The van der Waals surface area contributed by atoms with Crippen LogP contribution < -0.4 is 10.1 Å². The number of hydrogen-bond donors (Lipinski definition) is 1. The third kappa shape index (κ3) is 4.68. The number of ether oxygens (including phenoxy) is 1. The maximum atomic E-state index is 12.4. The average molecular weight is 432 g/mol. The summed E-state index contributed by atoms with van der Waals surface area (Å²) in [5.74, 6) is 0.254. The molecule has 8 heteroatoms. The van der Waals surface area contributed by atoms with E-state index in [4.69, 9.17) is 33.2 Å². The maximum Gasteiger partial charge on any atom is 0.262 e. The molecule has 0 unspecified atom stereocenters. The molecule has 5 nitrogen and oxygen atoms in total. The predicted octanol–water partition coefficient (Wildman–Crippen LogP) is 5.48. The minimum absolute atomic E-state index is 0.247. The third-order valence-corrected chi connectivity index (χ3v) is 5.31. The van der Waals surface area contributed by atoms with Crippen LogP contribution in [-0.2, 0) is 4.79 Å². The standard InChI is InChI=1S/C20H15Cl2N3O2S/c1-12-6-7-13-14(21)10-15(22)20(19(13)24-12)27-11-18(26)25-16-4-2-3-5-17(16)28-9-8-23/h2-7,10H,9,11H2,1H3,(H,25,26). The second-order valence-electron chi connectivity index (χ2n) is 5.80. The molecule has 3 aromatic rings. The van der Waals surface area contributed by atoms with Crippen molar-refractivity contribution < 1.29 is 9.53 Å². The fourth-order valence-corrected chi connectivity index (χ4v) is 3.80. The first-order valence-corrected chi connectivity index (χ1v) is 10.0. The van der Waals surface area contributed by atoms with Gasteiger partial charge in [0, 0.05) is 16.0 Å². The highest BCUT2D eigenvalue weighted by Crippen LogP contribution is 2.37. The van der Waals surface area contributed by atoms with E-state index in [2.05, 4.69) is 16.4 Å². The SMILES string of the molecule is Cc1ccc2c(Cl)cc(Cl)c(OCC(=O)Nc3ccccc3SCC#N)c2n1. The second kappa shape index (κ2) is 9.16. The lowest BCUT2D eigenvalue weighted by molar-refractivity contribution is -0.118. The number of nitriles is 1. The topological polar surface area (TPSA) is 75.0 Å². The number of rotatable bonds is 6. The monoisotopic (exact) mass is 431 g/mol. The van der Waals surface area contributed by atoms with Gasteiger partial charge in [0.05, 0.1) is 27.6 Å². The summed E-state index contributed by atoms with van der Waals surface area (Å²) in [7, 11) is 0. The van der Waals surface area contributed by atoms with Crippen molar-refractivity contribution in [2.75, 3.05) is 17.7 Å². The summed E-state index contributed by atoms with van der Waals surface area (Å²) in [5.41, 5.74) is 1.91. The van der Waals surface area contributed by atoms with E-state index < -0.39 is 0 Å². The molecule has 0 saturated heterocycles. The fourth-order valence-electron chi connectivity index (χ4n) is 2.56. The van der Waals surface area contributed by atoms with Gasteiger partial charge in [-0.25, -0.2) is 4.98 Å². The first-order chi connectivity index (χ1) is 13.5. The molecule has 0 aliphatic heterocycles. The maximum absolute atomic E-state index is 12.4. The van der Waals surface area contributed by atoms with Crippen LogP contribution in [0.1, 0.15) is 5.69 Å². The smallest absolute Gasteiger partial charge is 0.262 e. The molecule has 0 aliphatic rings. The van der Waals surface area contributed by atoms with Crippen LogP contribution in [0.25, 0.3) is 10.9 Å². The highest BCUT2D eigenvalue weighted by Gasteiger charge is 2.15. The third-order valence-electron chi connectivity index (χ3n) is 3.78. The van der Waals surface area contributed by atoms with E-state index in [1.807, 2.05) is 37.3 Å². The van der Waals surface area contributed by atoms with Gasteiger partial charge >= 0.3 is 0 Å². The highest BCUT2D eigenvalue weighted by molar-refractivity contribution is 7.99. The molecule has 0 atom stereocenters. The van der Waals surface area contributed by atoms with Crippen molar-refractivity contribution in [1.82, 2.24) is 4.98 Å². The van der Waals surface area contributed by atoms with E-state index in [0.29, 0.717) is 33.1 Å². The van der Waals surface area contributed by atoms with Crippen LogP contribution in [0.3, 0.4) is 0 Å². The van der Waals surface area contributed by atoms with Crippen molar-refractivity contribution in [3.05, 3.63) is 58.2 Å².